The van der Waals surface area contributed by atoms with E-state index in [0.29, 0.717) is 22.3 Å². The van der Waals surface area contributed by atoms with Crippen LogP contribution in [0.3, 0.4) is 0 Å². The first-order valence-electron chi connectivity index (χ1n) is 42.3. The van der Waals surface area contributed by atoms with Gasteiger partial charge in [-0.05, 0) is 213 Å². The van der Waals surface area contributed by atoms with E-state index in [2.05, 4.69) is 364 Å². The van der Waals surface area contributed by atoms with Crippen molar-refractivity contribution >= 4 is 160 Å². The van der Waals surface area contributed by atoms with Crippen molar-refractivity contribution in [2.75, 3.05) is 0 Å². The van der Waals surface area contributed by atoms with Gasteiger partial charge in [-0.2, -0.15) is 0 Å². The quantitative estimate of drug-likeness (QED) is 0.0527. The molecule has 0 radical (unpaired) electrons. The van der Waals surface area contributed by atoms with Crippen LogP contribution in [0.4, 0.5) is 0 Å². The summed E-state index contributed by atoms with van der Waals surface area (Å²) in [6.45, 7) is 0. The van der Waals surface area contributed by atoms with Crippen LogP contribution in [0.15, 0.2) is 534 Å². The van der Waals surface area contributed by atoms with Crippen LogP contribution in [0.25, 0.3) is 43.1 Å². The summed E-state index contributed by atoms with van der Waals surface area (Å²) in [6, 6.07) is 182. The highest BCUT2D eigenvalue weighted by Gasteiger charge is 2.50. The Balaban J connectivity index is 0.000000132. The van der Waals surface area contributed by atoms with Gasteiger partial charge < -0.3 is 35.5 Å². The van der Waals surface area contributed by atoms with Gasteiger partial charge in [-0.25, -0.2) is 19.2 Å². The molecule has 0 aliphatic rings. The van der Waals surface area contributed by atoms with Crippen molar-refractivity contribution in [1.29, 1.82) is 0 Å². The molecule has 0 saturated heterocycles. The van der Waals surface area contributed by atoms with Crippen LogP contribution in [0.5, 0.6) is 0 Å². The first-order valence-corrected chi connectivity index (χ1v) is 47.7. The topological polar surface area (TPSA) is 218 Å². The molecule has 0 bridgehead atoms. The number of aromatic carboxylic acids is 4. The van der Waals surface area contributed by atoms with Gasteiger partial charge in [-0.3, -0.25) is 7.32 Å². The van der Waals surface area contributed by atoms with Crippen LogP contribution in [-0.4, -0.2) is 51.6 Å². The van der Waals surface area contributed by atoms with E-state index in [1.165, 1.54) is 63.7 Å². The number of carboxylic acid groups (broad SMARTS) is 4. The molecule has 20 aromatic carbocycles. The lowest BCUT2D eigenvalue weighted by Gasteiger charge is -2.35. The molecule has 11 nitrogen and oxygen atoms in total. The first kappa shape index (κ1) is 93.2. The summed E-state index contributed by atoms with van der Waals surface area (Å²) in [5.41, 5.74) is 1.44. The average molecular weight is 1770 g/mol. The maximum atomic E-state index is 10.8. The van der Waals surface area contributed by atoms with E-state index in [1.807, 2.05) is 121 Å². The van der Waals surface area contributed by atoms with Crippen molar-refractivity contribution in [1.82, 2.24) is 0 Å². The monoisotopic (exact) mass is 1760 g/mol. The van der Waals surface area contributed by atoms with Gasteiger partial charge in [0.1, 0.15) is 85.4 Å². The van der Waals surface area contributed by atoms with Crippen molar-refractivity contribution in [2.45, 2.75) is 0 Å². The first-order chi connectivity index (χ1) is 64.1. The van der Waals surface area contributed by atoms with Crippen molar-refractivity contribution in [3.8, 4) is 0 Å². The molecule has 0 aromatic heterocycles. The van der Waals surface area contributed by atoms with E-state index >= 15 is 0 Å². The molecule has 0 aliphatic carbocycles. The molecule has 20 aromatic rings. The number of carboxylic acids is 4. The van der Waals surface area contributed by atoms with Crippen molar-refractivity contribution in [3.63, 3.8) is 0 Å². The number of hydrogen-bond donors (Lipinski definition) is 4. The fraction of sp³-hybridized carbons (Fsp3) is 0. The highest BCUT2D eigenvalue weighted by Crippen LogP contribution is 2.56. The van der Waals surface area contributed by atoms with Gasteiger partial charge in [-0.15, -0.1) is 0 Å². The summed E-state index contributed by atoms with van der Waals surface area (Å²) >= 11 is 0. The third kappa shape index (κ3) is 22.8. The molecule has 20 rings (SSSR count). The van der Waals surface area contributed by atoms with Crippen LogP contribution in [0, 0.1) is 0 Å². The van der Waals surface area contributed by atoms with Crippen LogP contribution in [0.1, 0.15) is 41.4 Å². The van der Waals surface area contributed by atoms with E-state index in [4.69, 9.17) is 35.5 Å². The van der Waals surface area contributed by atoms with Crippen molar-refractivity contribution in [3.05, 3.63) is 556 Å². The Morgan fingerprint density at radius 3 is 0.366 bits per heavy atom. The maximum absolute atomic E-state index is 10.8. The summed E-state index contributed by atoms with van der Waals surface area (Å²) in [6.07, 6.45) is 0. The summed E-state index contributed by atoms with van der Waals surface area (Å²) in [5.74, 6) is -3.51. The van der Waals surface area contributed by atoms with Gasteiger partial charge in [0.15, 0.2) is 0 Å². The molecule has 0 atom stereocenters. The third-order valence-electron chi connectivity index (χ3n) is 21.8. The molecule has 640 valence electrons. The number of hydrogen-bond acceptors (Lipinski definition) is 7. The second-order valence-corrected chi connectivity index (χ2v) is 39.9. The van der Waals surface area contributed by atoms with E-state index < -0.39 is 53.0 Å². The maximum Gasteiger partial charge on any atom is 0.336 e. The zero-order chi connectivity index (χ0) is 91.5. The molecule has 0 unspecified atom stereocenters. The summed E-state index contributed by atoms with van der Waals surface area (Å²) in [4.78, 5) is 43.3. The zero-order valence-corrected chi connectivity index (χ0v) is 74.1. The number of carbonyl (C=O) groups is 4. The Hall–Kier alpha value is -15.4. The lowest BCUT2D eigenvalue weighted by Crippen LogP contribution is -2.56. The van der Waals surface area contributed by atoms with Gasteiger partial charge in [0.25, 0.3) is 0 Å². The second kappa shape index (κ2) is 46.9. The molecule has 0 spiro atoms. The minimum atomic E-state index is -2.92. The molecule has 0 saturated carbocycles. The third-order valence-corrected chi connectivity index (χ3v) is 34.7. The molecule has 0 aliphatic heterocycles. The van der Waals surface area contributed by atoms with Crippen molar-refractivity contribution in [2.24, 2.45) is 0 Å². The van der Waals surface area contributed by atoms with Crippen LogP contribution in [-0.2, 0) is 0 Å². The molecule has 0 fully saturated rings. The fourth-order valence-corrected chi connectivity index (χ4v) is 28.9. The van der Waals surface area contributed by atoms with Gasteiger partial charge in [0.05, 0.1) is 22.3 Å². The zero-order valence-electron chi connectivity index (χ0n) is 71.4. The van der Waals surface area contributed by atoms with E-state index in [-0.39, 0.29) is 0 Å². The largest absolute Gasteiger partial charge is 0.907 e. The molecule has 15 heteroatoms. The predicted octanol–water partition coefficient (Wildman–Crippen LogP) is 19.1. The Bertz CT molecular complexity index is 5740. The van der Waals surface area contributed by atoms with Crippen molar-refractivity contribution < 1.29 is 54.7 Å². The Labute approximate surface area is 765 Å². The Morgan fingerprint density at radius 1 is 0.153 bits per heavy atom. The molecular formula is C116H92BO11P3. The summed E-state index contributed by atoms with van der Waals surface area (Å²) in [5, 5.41) is 84.4. The average Bonchev–Trinajstić information content (AvgIpc) is 0.744. The minimum absolute atomic E-state index is 0.359. The van der Waals surface area contributed by atoms with Gasteiger partial charge in [0, 0.05) is 0 Å². The van der Waals surface area contributed by atoms with E-state index in [9.17, 15) is 19.2 Å². The predicted molar refractivity (Wildman–Crippen MR) is 543 cm³/mol. The molecule has 131 heavy (non-hydrogen) atoms. The lowest BCUT2D eigenvalue weighted by atomic mass is 10.1. The number of benzene rings is 20. The standard InChI is InChI=1S/3C24H20P.4C11H8O2.BO3/c3*1-5-13-21(14-6-1)25(22-15-7-2-8-16-22,23-17-9-3-10-18-23)24-19-11-4-12-20-24;4*12-11(13)10-7-3-5-8-4-1-2-6-9(8)10;2-1(3)4/h3*1-20H;4*1-7H,(H,12,13);/q3*+1;;;;;-3. The highest BCUT2D eigenvalue weighted by molar-refractivity contribution is 8.02. The normalized spacial score (nSPS) is 10.6. The fourth-order valence-electron chi connectivity index (χ4n) is 16.2. The molecule has 0 heterocycles. The number of rotatable bonds is 16. The van der Waals surface area contributed by atoms with Gasteiger partial charge in [-0.1, -0.05) is 364 Å². The van der Waals surface area contributed by atoms with Gasteiger partial charge >= 0.3 is 23.9 Å². The molecule has 0 amide bonds. The SMILES string of the molecule is O=C(O)c1cccc2ccccc12.O=C(O)c1cccc2ccccc12.O=C(O)c1cccc2ccccc12.O=C(O)c1cccc2ccccc12.[O-]B([O-])[O-].c1ccc([P+](c2ccccc2)(c2ccccc2)c2ccccc2)cc1.c1ccc([P+](c2ccccc2)(c2ccccc2)c2ccccc2)cc1.c1ccc([P+](c2ccccc2)(c2ccccc2)c2ccccc2)cc1. The van der Waals surface area contributed by atoms with E-state index in [1.54, 1.807) is 48.5 Å². The second-order valence-electron chi connectivity index (χ2n) is 29.7. The Kier molecular flexibility index (Phi) is 33.3. The number of fused-ring (bicyclic) bond motifs is 4. The summed E-state index contributed by atoms with van der Waals surface area (Å²) in [7, 11) is -8.63. The van der Waals surface area contributed by atoms with Crippen LogP contribution >= 0.6 is 21.8 Å². The minimum Gasteiger partial charge on any atom is -0.907 e. The molecule has 4 N–H and O–H groups in total. The lowest BCUT2D eigenvalue weighted by molar-refractivity contribution is -0.479. The Morgan fingerprint density at radius 2 is 0.252 bits per heavy atom. The van der Waals surface area contributed by atoms with Crippen LogP contribution < -0.4 is 78.7 Å². The summed E-state index contributed by atoms with van der Waals surface area (Å²) < 4.78 is 0. The smallest absolute Gasteiger partial charge is 0.336 e. The molecular weight excluding hydrogens is 1670 g/mol. The highest BCUT2D eigenvalue weighted by atomic mass is 31.2. The van der Waals surface area contributed by atoms with Gasteiger partial charge in [0.2, 0.25) is 0 Å². The van der Waals surface area contributed by atoms with E-state index in [0.717, 1.165) is 43.1 Å². The van der Waals surface area contributed by atoms with Crippen LogP contribution in [0.2, 0.25) is 0 Å².